The molecule has 6 heteroatoms. The third kappa shape index (κ3) is 2.70. The number of aromatic amines is 1. The highest BCUT2D eigenvalue weighted by molar-refractivity contribution is 9.10. The van der Waals surface area contributed by atoms with Gasteiger partial charge in [-0.1, -0.05) is 12.1 Å². The van der Waals surface area contributed by atoms with Crippen molar-refractivity contribution < 1.29 is 0 Å². The SMILES string of the molecule is CN(Cc1cccc(N)c1)c1nc[nH]c(=O)c1Br. The van der Waals surface area contributed by atoms with Crippen LogP contribution in [-0.2, 0) is 6.54 Å². The summed E-state index contributed by atoms with van der Waals surface area (Å²) in [5.41, 5.74) is 7.32. The molecule has 0 saturated heterocycles. The van der Waals surface area contributed by atoms with Crippen LogP contribution in [0.5, 0.6) is 0 Å². The first-order valence-electron chi connectivity index (χ1n) is 5.36. The van der Waals surface area contributed by atoms with Crippen molar-refractivity contribution in [3.63, 3.8) is 0 Å². The van der Waals surface area contributed by atoms with Crippen LogP contribution < -0.4 is 16.2 Å². The van der Waals surface area contributed by atoms with Gasteiger partial charge in [0.1, 0.15) is 10.3 Å². The number of H-pyrrole nitrogens is 1. The van der Waals surface area contributed by atoms with Crippen LogP contribution in [0.2, 0.25) is 0 Å². The monoisotopic (exact) mass is 308 g/mol. The van der Waals surface area contributed by atoms with Crippen LogP contribution in [-0.4, -0.2) is 17.0 Å². The first kappa shape index (κ1) is 12.6. The van der Waals surface area contributed by atoms with E-state index in [1.165, 1.54) is 6.33 Å². The smallest absolute Gasteiger partial charge is 0.267 e. The summed E-state index contributed by atoms with van der Waals surface area (Å²) in [6, 6.07) is 7.62. The summed E-state index contributed by atoms with van der Waals surface area (Å²) in [6.45, 7) is 0.625. The van der Waals surface area contributed by atoms with Crippen molar-refractivity contribution >= 4 is 27.4 Å². The van der Waals surface area contributed by atoms with Crippen molar-refractivity contribution in [1.82, 2.24) is 9.97 Å². The summed E-state index contributed by atoms with van der Waals surface area (Å²) in [5.74, 6) is 0.598. The summed E-state index contributed by atoms with van der Waals surface area (Å²) >= 11 is 3.24. The van der Waals surface area contributed by atoms with Gasteiger partial charge in [0.2, 0.25) is 0 Å². The van der Waals surface area contributed by atoms with Crippen LogP contribution in [0.1, 0.15) is 5.56 Å². The first-order valence-corrected chi connectivity index (χ1v) is 6.16. The number of hydrogen-bond donors (Lipinski definition) is 2. The second kappa shape index (κ2) is 5.22. The summed E-state index contributed by atoms with van der Waals surface area (Å²) in [5, 5.41) is 0. The summed E-state index contributed by atoms with van der Waals surface area (Å²) in [6.07, 6.45) is 1.39. The van der Waals surface area contributed by atoms with E-state index in [-0.39, 0.29) is 5.56 Å². The lowest BCUT2D eigenvalue weighted by Gasteiger charge is -2.19. The van der Waals surface area contributed by atoms with Gasteiger partial charge in [0.25, 0.3) is 5.56 Å². The molecule has 94 valence electrons. The lowest BCUT2D eigenvalue weighted by Crippen LogP contribution is -2.21. The summed E-state index contributed by atoms with van der Waals surface area (Å²) in [4.78, 5) is 20.0. The van der Waals surface area contributed by atoms with E-state index in [2.05, 4.69) is 25.9 Å². The van der Waals surface area contributed by atoms with E-state index in [1.54, 1.807) is 0 Å². The lowest BCUT2D eigenvalue weighted by molar-refractivity contribution is 0.881. The molecule has 0 atom stereocenters. The third-order valence-corrected chi connectivity index (χ3v) is 3.23. The van der Waals surface area contributed by atoms with Gasteiger partial charge in [0.05, 0.1) is 6.33 Å². The van der Waals surface area contributed by atoms with Gasteiger partial charge in [-0.2, -0.15) is 0 Å². The molecular weight excluding hydrogens is 296 g/mol. The van der Waals surface area contributed by atoms with Crippen molar-refractivity contribution in [2.75, 3.05) is 17.7 Å². The number of nitrogens with zero attached hydrogens (tertiary/aromatic N) is 2. The fourth-order valence-corrected chi connectivity index (χ4v) is 2.20. The van der Waals surface area contributed by atoms with Gasteiger partial charge < -0.3 is 15.6 Å². The van der Waals surface area contributed by atoms with Crippen LogP contribution in [0.25, 0.3) is 0 Å². The largest absolute Gasteiger partial charge is 0.399 e. The van der Waals surface area contributed by atoms with Gasteiger partial charge in [-0.05, 0) is 33.6 Å². The van der Waals surface area contributed by atoms with E-state index < -0.39 is 0 Å². The highest BCUT2D eigenvalue weighted by Crippen LogP contribution is 2.19. The number of rotatable bonds is 3. The lowest BCUT2D eigenvalue weighted by atomic mass is 10.2. The molecule has 18 heavy (non-hydrogen) atoms. The Bertz CT molecular complexity index is 611. The molecule has 0 aliphatic rings. The molecule has 5 nitrogen and oxygen atoms in total. The van der Waals surface area contributed by atoms with E-state index >= 15 is 0 Å². The molecule has 0 fully saturated rings. The fraction of sp³-hybridized carbons (Fsp3) is 0.167. The molecule has 0 unspecified atom stereocenters. The Labute approximate surface area is 113 Å². The molecule has 1 heterocycles. The number of anilines is 2. The zero-order valence-corrected chi connectivity index (χ0v) is 11.4. The van der Waals surface area contributed by atoms with Crippen LogP contribution in [0, 0.1) is 0 Å². The highest BCUT2D eigenvalue weighted by atomic mass is 79.9. The molecule has 0 aliphatic carbocycles. The molecule has 0 amide bonds. The molecule has 1 aromatic carbocycles. The zero-order valence-electron chi connectivity index (χ0n) is 9.85. The van der Waals surface area contributed by atoms with Crippen molar-refractivity contribution in [2.45, 2.75) is 6.54 Å². The minimum Gasteiger partial charge on any atom is -0.399 e. The molecule has 1 aromatic heterocycles. The van der Waals surface area contributed by atoms with Crippen molar-refractivity contribution in [3.8, 4) is 0 Å². The van der Waals surface area contributed by atoms with E-state index in [9.17, 15) is 4.79 Å². The number of nitrogen functional groups attached to an aromatic ring is 1. The van der Waals surface area contributed by atoms with Gasteiger partial charge in [-0.25, -0.2) is 4.98 Å². The third-order valence-electron chi connectivity index (χ3n) is 2.51. The molecule has 2 aromatic rings. The van der Waals surface area contributed by atoms with Gasteiger partial charge in [0.15, 0.2) is 0 Å². The van der Waals surface area contributed by atoms with Gasteiger partial charge in [-0.3, -0.25) is 4.79 Å². The Balaban J connectivity index is 2.25. The molecular formula is C12H13BrN4O. The molecule has 0 spiro atoms. The molecule has 0 bridgehead atoms. The number of aromatic nitrogens is 2. The molecule has 0 saturated carbocycles. The Morgan fingerprint density at radius 1 is 1.50 bits per heavy atom. The standard InChI is InChI=1S/C12H13BrN4O/c1-17(6-8-3-2-4-9(14)5-8)11-10(13)12(18)16-7-15-11/h2-5,7H,6,14H2,1H3,(H,15,16,18). The second-order valence-electron chi connectivity index (χ2n) is 3.97. The number of benzene rings is 1. The van der Waals surface area contributed by atoms with E-state index in [0.29, 0.717) is 16.8 Å². The summed E-state index contributed by atoms with van der Waals surface area (Å²) in [7, 11) is 1.87. The number of halogens is 1. The number of hydrogen-bond acceptors (Lipinski definition) is 4. The van der Waals surface area contributed by atoms with Crippen LogP contribution in [0.3, 0.4) is 0 Å². The van der Waals surface area contributed by atoms with Crippen LogP contribution >= 0.6 is 15.9 Å². The normalized spacial score (nSPS) is 10.3. The Morgan fingerprint density at radius 2 is 2.28 bits per heavy atom. The van der Waals surface area contributed by atoms with Crippen molar-refractivity contribution in [1.29, 1.82) is 0 Å². The average molecular weight is 309 g/mol. The first-order chi connectivity index (χ1) is 8.58. The predicted molar refractivity (Wildman–Crippen MR) is 75.5 cm³/mol. The second-order valence-corrected chi connectivity index (χ2v) is 4.76. The summed E-state index contributed by atoms with van der Waals surface area (Å²) < 4.78 is 0.427. The Kier molecular flexibility index (Phi) is 3.66. The van der Waals surface area contributed by atoms with Crippen LogP contribution in [0.15, 0.2) is 39.9 Å². The topological polar surface area (TPSA) is 75.0 Å². The molecule has 3 N–H and O–H groups in total. The minimum atomic E-state index is -0.195. The van der Waals surface area contributed by atoms with Gasteiger partial charge in [0, 0.05) is 19.3 Å². The highest BCUT2D eigenvalue weighted by Gasteiger charge is 2.10. The Hall–Kier alpha value is -1.82. The van der Waals surface area contributed by atoms with E-state index in [0.717, 1.165) is 11.3 Å². The molecule has 0 aliphatic heterocycles. The average Bonchev–Trinajstić information content (AvgIpc) is 2.32. The molecule has 0 radical (unpaired) electrons. The Morgan fingerprint density at radius 3 is 3.00 bits per heavy atom. The van der Waals surface area contributed by atoms with E-state index in [1.807, 2.05) is 36.2 Å². The predicted octanol–water partition coefficient (Wildman–Crippen LogP) is 1.75. The van der Waals surface area contributed by atoms with Gasteiger partial charge >= 0.3 is 0 Å². The van der Waals surface area contributed by atoms with Crippen molar-refractivity contribution in [2.24, 2.45) is 0 Å². The number of nitrogens with one attached hydrogen (secondary N) is 1. The maximum atomic E-state index is 11.5. The van der Waals surface area contributed by atoms with Crippen LogP contribution in [0.4, 0.5) is 11.5 Å². The zero-order chi connectivity index (χ0) is 13.1. The minimum absolute atomic E-state index is 0.195. The van der Waals surface area contributed by atoms with Gasteiger partial charge in [-0.15, -0.1) is 0 Å². The quantitative estimate of drug-likeness (QED) is 0.847. The van der Waals surface area contributed by atoms with E-state index in [4.69, 9.17) is 5.73 Å². The maximum Gasteiger partial charge on any atom is 0.267 e. The maximum absolute atomic E-state index is 11.5. The molecule has 2 rings (SSSR count). The number of nitrogens with two attached hydrogens (primary N) is 1. The fourth-order valence-electron chi connectivity index (χ4n) is 1.68. The van der Waals surface area contributed by atoms with Crippen molar-refractivity contribution in [3.05, 3.63) is 51.0 Å².